The highest BCUT2D eigenvalue weighted by Gasteiger charge is 1.97. The van der Waals surface area contributed by atoms with Gasteiger partial charge in [0.1, 0.15) is 5.75 Å². The zero-order chi connectivity index (χ0) is 10.6. The van der Waals surface area contributed by atoms with Crippen LogP contribution >= 0.6 is 11.6 Å². The molecule has 0 heterocycles. The molecule has 0 N–H and O–H groups in total. The van der Waals surface area contributed by atoms with Crippen molar-refractivity contribution in [2.45, 2.75) is 6.92 Å². The number of hydrogen-bond acceptors (Lipinski definition) is 2. The van der Waals surface area contributed by atoms with Crippen LogP contribution < -0.4 is 4.74 Å². The van der Waals surface area contributed by atoms with E-state index in [2.05, 4.69) is 0 Å². The topological polar surface area (TPSA) is 26.3 Å². The van der Waals surface area contributed by atoms with E-state index in [0.29, 0.717) is 0 Å². The number of rotatable bonds is 3. The highest BCUT2D eigenvalue weighted by Crippen LogP contribution is 2.19. The number of methoxy groups -OCH3 is 1. The Kier molecular flexibility index (Phi) is 3.72. The van der Waals surface area contributed by atoms with Gasteiger partial charge in [-0.15, -0.1) is 0 Å². The molecule has 1 aromatic carbocycles. The number of carbonyl (C=O) groups excluding carboxylic acids is 1. The Morgan fingerprint density at radius 3 is 2.79 bits per heavy atom. The van der Waals surface area contributed by atoms with Crippen molar-refractivity contribution in [1.82, 2.24) is 0 Å². The summed E-state index contributed by atoms with van der Waals surface area (Å²) < 4.78 is 5.14. The Morgan fingerprint density at radius 2 is 2.21 bits per heavy atom. The van der Waals surface area contributed by atoms with Crippen LogP contribution in [0, 0.1) is 6.92 Å². The molecule has 0 radical (unpaired) electrons. The van der Waals surface area contributed by atoms with E-state index in [4.69, 9.17) is 16.3 Å². The SMILES string of the molecule is COc1cc(/C=C/C(=O)Cl)ccc1C. The number of hydrogen-bond donors (Lipinski definition) is 0. The van der Waals surface area contributed by atoms with Crippen molar-refractivity contribution in [1.29, 1.82) is 0 Å². The largest absolute Gasteiger partial charge is 0.496 e. The summed E-state index contributed by atoms with van der Waals surface area (Å²) in [7, 11) is 1.61. The summed E-state index contributed by atoms with van der Waals surface area (Å²) in [6.45, 7) is 1.96. The van der Waals surface area contributed by atoms with Gasteiger partial charge < -0.3 is 4.74 Å². The Balaban J connectivity index is 2.95. The number of aryl methyl sites for hydroxylation is 1. The maximum atomic E-state index is 10.5. The number of halogens is 1. The van der Waals surface area contributed by atoms with Gasteiger partial charge in [-0.3, -0.25) is 4.79 Å². The fraction of sp³-hybridized carbons (Fsp3) is 0.182. The van der Waals surface area contributed by atoms with Crippen molar-refractivity contribution in [2.24, 2.45) is 0 Å². The molecular formula is C11H11ClO2. The molecule has 14 heavy (non-hydrogen) atoms. The van der Waals surface area contributed by atoms with Crippen LogP contribution in [0.1, 0.15) is 11.1 Å². The lowest BCUT2D eigenvalue weighted by Crippen LogP contribution is -1.87. The van der Waals surface area contributed by atoms with Crippen molar-refractivity contribution in [3.8, 4) is 5.75 Å². The summed E-state index contributed by atoms with van der Waals surface area (Å²) in [5.74, 6) is 0.800. The lowest BCUT2D eigenvalue weighted by molar-refractivity contribution is -0.107. The van der Waals surface area contributed by atoms with Crippen LogP contribution in [0.2, 0.25) is 0 Å². The maximum absolute atomic E-state index is 10.5. The van der Waals surface area contributed by atoms with Gasteiger partial charge in [0.15, 0.2) is 0 Å². The third-order valence-corrected chi connectivity index (χ3v) is 1.96. The van der Waals surface area contributed by atoms with Gasteiger partial charge in [0.25, 0.3) is 0 Å². The van der Waals surface area contributed by atoms with Crippen molar-refractivity contribution in [3.63, 3.8) is 0 Å². The van der Waals surface area contributed by atoms with Gasteiger partial charge in [-0.25, -0.2) is 0 Å². The van der Waals surface area contributed by atoms with Gasteiger partial charge in [0.05, 0.1) is 7.11 Å². The molecule has 0 spiro atoms. The highest BCUT2D eigenvalue weighted by molar-refractivity contribution is 6.66. The van der Waals surface area contributed by atoms with E-state index in [1.165, 1.54) is 6.08 Å². The van der Waals surface area contributed by atoms with E-state index in [9.17, 15) is 4.79 Å². The van der Waals surface area contributed by atoms with Gasteiger partial charge in [-0.1, -0.05) is 18.2 Å². The molecule has 0 aliphatic heterocycles. The van der Waals surface area contributed by atoms with E-state index in [1.54, 1.807) is 13.2 Å². The minimum atomic E-state index is -0.482. The molecule has 0 aliphatic carbocycles. The maximum Gasteiger partial charge on any atom is 0.245 e. The first kappa shape index (κ1) is 10.8. The summed E-state index contributed by atoms with van der Waals surface area (Å²) >= 11 is 5.18. The van der Waals surface area contributed by atoms with Crippen LogP contribution in [-0.2, 0) is 4.79 Å². The molecule has 0 atom stereocenters. The van der Waals surface area contributed by atoms with Crippen LogP contribution in [0.15, 0.2) is 24.3 Å². The molecule has 0 aromatic heterocycles. The molecule has 1 aromatic rings. The van der Waals surface area contributed by atoms with Gasteiger partial charge in [-0.2, -0.15) is 0 Å². The lowest BCUT2D eigenvalue weighted by Gasteiger charge is -2.04. The van der Waals surface area contributed by atoms with Crippen LogP contribution in [-0.4, -0.2) is 12.4 Å². The molecule has 0 fully saturated rings. The molecule has 0 aliphatic rings. The van der Waals surface area contributed by atoms with Gasteiger partial charge in [0, 0.05) is 0 Å². The van der Waals surface area contributed by atoms with Crippen molar-refractivity contribution in [2.75, 3.05) is 7.11 Å². The summed E-state index contributed by atoms with van der Waals surface area (Å²) in [5.41, 5.74) is 1.95. The first-order valence-electron chi connectivity index (χ1n) is 4.15. The summed E-state index contributed by atoms with van der Waals surface area (Å²) in [4.78, 5) is 10.5. The number of ether oxygens (including phenoxy) is 1. The number of benzene rings is 1. The predicted molar refractivity (Wildman–Crippen MR) is 57.6 cm³/mol. The second-order valence-corrected chi connectivity index (χ2v) is 3.24. The Morgan fingerprint density at radius 1 is 1.50 bits per heavy atom. The minimum Gasteiger partial charge on any atom is -0.496 e. The van der Waals surface area contributed by atoms with Crippen molar-refractivity contribution < 1.29 is 9.53 Å². The van der Waals surface area contributed by atoms with Crippen molar-refractivity contribution in [3.05, 3.63) is 35.4 Å². The Labute approximate surface area is 88.1 Å². The molecule has 3 heteroatoms. The van der Waals surface area contributed by atoms with Crippen LogP contribution in [0.5, 0.6) is 5.75 Å². The molecule has 0 saturated heterocycles. The van der Waals surface area contributed by atoms with E-state index in [-0.39, 0.29) is 0 Å². The second kappa shape index (κ2) is 4.82. The average Bonchev–Trinajstić information content (AvgIpc) is 2.16. The van der Waals surface area contributed by atoms with E-state index in [0.717, 1.165) is 16.9 Å². The molecule has 0 unspecified atom stereocenters. The molecular weight excluding hydrogens is 200 g/mol. The summed E-state index contributed by atoms with van der Waals surface area (Å²) in [6.07, 6.45) is 2.96. The molecule has 0 amide bonds. The fourth-order valence-electron chi connectivity index (χ4n) is 1.10. The summed E-state index contributed by atoms with van der Waals surface area (Å²) in [5, 5.41) is -0.482. The van der Waals surface area contributed by atoms with Crippen LogP contribution in [0.4, 0.5) is 0 Å². The highest BCUT2D eigenvalue weighted by atomic mass is 35.5. The Bertz CT molecular complexity index is 370. The van der Waals surface area contributed by atoms with Crippen molar-refractivity contribution >= 4 is 22.9 Å². The van der Waals surface area contributed by atoms with E-state index < -0.39 is 5.24 Å². The van der Waals surface area contributed by atoms with E-state index in [1.807, 2.05) is 25.1 Å². The average molecular weight is 211 g/mol. The predicted octanol–water partition coefficient (Wildman–Crippen LogP) is 2.78. The molecule has 74 valence electrons. The monoisotopic (exact) mass is 210 g/mol. The van der Waals surface area contributed by atoms with Crippen LogP contribution in [0.3, 0.4) is 0 Å². The molecule has 0 saturated carbocycles. The van der Waals surface area contributed by atoms with Gasteiger partial charge >= 0.3 is 0 Å². The minimum absolute atomic E-state index is 0.482. The zero-order valence-corrected chi connectivity index (χ0v) is 8.84. The normalized spacial score (nSPS) is 10.5. The first-order chi connectivity index (χ1) is 6.63. The summed E-state index contributed by atoms with van der Waals surface area (Å²) in [6, 6.07) is 5.68. The number of allylic oxidation sites excluding steroid dienone is 1. The quantitative estimate of drug-likeness (QED) is 0.567. The smallest absolute Gasteiger partial charge is 0.245 e. The second-order valence-electron chi connectivity index (χ2n) is 2.87. The van der Waals surface area contributed by atoms with Gasteiger partial charge in [0.2, 0.25) is 5.24 Å². The third-order valence-electron chi connectivity index (χ3n) is 1.84. The molecule has 1 rings (SSSR count). The third kappa shape index (κ3) is 2.89. The molecule has 2 nitrogen and oxygen atoms in total. The first-order valence-corrected chi connectivity index (χ1v) is 4.53. The Hall–Kier alpha value is -1.28. The van der Waals surface area contributed by atoms with Gasteiger partial charge in [-0.05, 0) is 41.8 Å². The van der Waals surface area contributed by atoms with E-state index >= 15 is 0 Å². The van der Waals surface area contributed by atoms with Crippen LogP contribution in [0.25, 0.3) is 6.08 Å². The zero-order valence-electron chi connectivity index (χ0n) is 8.08. The standard InChI is InChI=1S/C11H11ClO2/c1-8-3-4-9(5-6-11(12)13)7-10(8)14-2/h3-7H,1-2H3/b6-5+. The molecule has 0 bridgehead atoms. The number of carbonyl (C=O) groups is 1. The fourth-order valence-corrected chi connectivity index (χ4v) is 1.16. The lowest BCUT2D eigenvalue weighted by atomic mass is 10.1.